The van der Waals surface area contributed by atoms with Gasteiger partial charge in [0.25, 0.3) is 0 Å². The molecule has 2 heteroatoms. The summed E-state index contributed by atoms with van der Waals surface area (Å²) in [6, 6.07) is 7.67. The van der Waals surface area contributed by atoms with Crippen molar-refractivity contribution < 1.29 is 4.79 Å². The minimum atomic E-state index is 0.0949. The fourth-order valence-corrected chi connectivity index (χ4v) is 2.62. The maximum absolute atomic E-state index is 11.6. The van der Waals surface area contributed by atoms with Crippen LogP contribution in [0.15, 0.2) is 59.2 Å². The molecule has 0 amide bonds. The molecule has 0 aliphatic rings. The molecule has 0 spiro atoms. The minimum absolute atomic E-state index is 0.0949. The van der Waals surface area contributed by atoms with E-state index in [0.717, 1.165) is 43.5 Å². The van der Waals surface area contributed by atoms with Crippen LogP contribution in [0.25, 0.3) is 0 Å². The number of nitrogens with one attached hydrogen (secondary N) is 1. The van der Waals surface area contributed by atoms with Crippen LogP contribution in [-0.2, 0) is 0 Å². The zero-order valence-electron chi connectivity index (χ0n) is 16.5. The summed E-state index contributed by atoms with van der Waals surface area (Å²) in [6.07, 6.45) is 11.3. The van der Waals surface area contributed by atoms with Gasteiger partial charge in [0.1, 0.15) is 0 Å². The first kappa shape index (κ1) is 21.0. The van der Waals surface area contributed by atoms with Crippen molar-refractivity contribution in [1.29, 1.82) is 0 Å². The Morgan fingerprint density at radius 2 is 1.48 bits per heavy atom. The molecule has 0 radical (unpaired) electrons. The van der Waals surface area contributed by atoms with Crippen molar-refractivity contribution in [2.24, 2.45) is 0 Å². The van der Waals surface area contributed by atoms with Crippen LogP contribution >= 0.6 is 0 Å². The molecule has 0 saturated carbocycles. The lowest BCUT2D eigenvalue weighted by atomic mass is 10.1. The van der Waals surface area contributed by atoms with Gasteiger partial charge in [-0.15, -0.1) is 0 Å². The maximum atomic E-state index is 11.6. The molecule has 1 N–H and O–H groups in total. The Morgan fingerprint density at radius 3 is 2.12 bits per heavy atom. The first-order valence-corrected chi connectivity index (χ1v) is 9.18. The molecule has 0 unspecified atom stereocenters. The fourth-order valence-electron chi connectivity index (χ4n) is 2.62. The van der Waals surface area contributed by atoms with Crippen molar-refractivity contribution in [2.45, 2.75) is 60.3 Å². The highest BCUT2D eigenvalue weighted by atomic mass is 16.1. The van der Waals surface area contributed by atoms with Crippen LogP contribution in [0.1, 0.15) is 70.7 Å². The van der Waals surface area contributed by atoms with Crippen LogP contribution < -0.4 is 5.32 Å². The number of allylic oxidation sites excluding steroid dienone is 5. The molecule has 0 bridgehead atoms. The Kier molecular flexibility index (Phi) is 9.61. The predicted molar refractivity (Wildman–Crippen MR) is 110 cm³/mol. The highest BCUT2D eigenvalue weighted by Crippen LogP contribution is 2.16. The van der Waals surface area contributed by atoms with Gasteiger partial charge in [-0.1, -0.05) is 47.1 Å². The Morgan fingerprint density at radius 1 is 0.880 bits per heavy atom. The van der Waals surface area contributed by atoms with Gasteiger partial charge in [0.05, 0.1) is 0 Å². The fraction of sp³-hybridized carbons (Fsp3) is 0.435. The molecule has 0 aliphatic carbocycles. The number of para-hydroxylation sites is 1. The highest BCUT2D eigenvalue weighted by molar-refractivity contribution is 5.99. The van der Waals surface area contributed by atoms with Crippen LogP contribution in [-0.4, -0.2) is 12.3 Å². The molecule has 1 aromatic carbocycles. The number of benzene rings is 1. The zero-order valence-corrected chi connectivity index (χ0v) is 16.5. The number of carbonyl (C=O) groups excluding carboxylic acids is 1. The Hall–Kier alpha value is -2.09. The van der Waals surface area contributed by atoms with E-state index in [4.69, 9.17) is 0 Å². The Balaban J connectivity index is 2.39. The lowest BCUT2D eigenvalue weighted by Crippen LogP contribution is -2.04. The number of rotatable bonds is 10. The molecule has 2 nitrogen and oxygen atoms in total. The number of carbonyl (C=O) groups is 1. The van der Waals surface area contributed by atoms with E-state index in [1.54, 1.807) is 6.92 Å². The van der Waals surface area contributed by atoms with E-state index in [1.165, 1.54) is 16.7 Å². The quantitative estimate of drug-likeness (QED) is 0.378. The second-order valence-electron chi connectivity index (χ2n) is 6.94. The average Bonchev–Trinajstić information content (AvgIpc) is 2.54. The number of hydrogen-bond acceptors (Lipinski definition) is 2. The molecule has 0 aromatic heterocycles. The summed E-state index contributed by atoms with van der Waals surface area (Å²) >= 11 is 0. The SMILES string of the molecule is CC(=O)c1ccccc1NC/C=C(\C)CC/C=C(\C)CCC=C(C)C. The van der Waals surface area contributed by atoms with Crippen LogP contribution in [0.3, 0.4) is 0 Å². The van der Waals surface area contributed by atoms with Gasteiger partial charge < -0.3 is 5.32 Å². The molecule has 1 rings (SSSR count). The van der Waals surface area contributed by atoms with Crippen molar-refractivity contribution in [3.05, 3.63) is 64.8 Å². The number of hydrogen-bond donors (Lipinski definition) is 1. The van der Waals surface area contributed by atoms with E-state index in [-0.39, 0.29) is 5.78 Å². The second kappa shape index (κ2) is 11.5. The van der Waals surface area contributed by atoms with Gasteiger partial charge in [-0.3, -0.25) is 4.79 Å². The minimum Gasteiger partial charge on any atom is -0.381 e. The molecule has 0 atom stereocenters. The second-order valence-corrected chi connectivity index (χ2v) is 6.94. The molecule has 0 fully saturated rings. The lowest BCUT2D eigenvalue weighted by molar-refractivity contribution is 0.101. The standard InChI is InChI=1S/C23H33NO/c1-18(2)10-8-11-19(3)12-9-13-20(4)16-17-24-23-15-7-6-14-22(23)21(5)25/h6-7,10,12,14-16,24H,8-9,11,13,17H2,1-5H3/b19-12+,20-16+. The first-order chi connectivity index (χ1) is 11.9. The largest absolute Gasteiger partial charge is 0.381 e. The monoisotopic (exact) mass is 339 g/mol. The van der Waals surface area contributed by atoms with Gasteiger partial charge in [0, 0.05) is 17.8 Å². The molecule has 0 saturated heterocycles. The van der Waals surface area contributed by atoms with E-state index >= 15 is 0 Å². The summed E-state index contributed by atoms with van der Waals surface area (Å²) in [5, 5.41) is 3.34. The third-order valence-electron chi connectivity index (χ3n) is 4.17. The van der Waals surface area contributed by atoms with Gasteiger partial charge >= 0.3 is 0 Å². The van der Waals surface area contributed by atoms with Crippen molar-refractivity contribution in [3.63, 3.8) is 0 Å². The Bertz CT molecular complexity index is 646. The molecule has 0 aliphatic heterocycles. The maximum Gasteiger partial charge on any atom is 0.161 e. The number of ketones is 1. The van der Waals surface area contributed by atoms with Crippen molar-refractivity contribution in [1.82, 2.24) is 0 Å². The first-order valence-electron chi connectivity index (χ1n) is 9.18. The van der Waals surface area contributed by atoms with Gasteiger partial charge in [-0.05, 0) is 72.4 Å². The molecule has 136 valence electrons. The Labute approximate surface area is 153 Å². The number of Topliss-reactive ketones (excluding diaryl/α,β-unsaturated/α-hetero) is 1. The van der Waals surface area contributed by atoms with Crippen LogP contribution in [0, 0.1) is 0 Å². The smallest absolute Gasteiger partial charge is 0.161 e. The summed E-state index contributed by atoms with van der Waals surface area (Å²) in [6.45, 7) is 11.0. The van der Waals surface area contributed by atoms with Gasteiger partial charge in [0.2, 0.25) is 0 Å². The molecule has 0 heterocycles. The average molecular weight is 340 g/mol. The van der Waals surface area contributed by atoms with Crippen molar-refractivity contribution >= 4 is 11.5 Å². The zero-order chi connectivity index (χ0) is 18.7. The summed E-state index contributed by atoms with van der Waals surface area (Å²) in [5.41, 5.74) is 5.91. The van der Waals surface area contributed by atoms with E-state index in [0.29, 0.717) is 0 Å². The van der Waals surface area contributed by atoms with Crippen LogP contribution in [0.4, 0.5) is 5.69 Å². The van der Waals surface area contributed by atoms with Gasteiger partial charge in [-0.25, -0.2) is 0 Å². The highest BCUT2D eigenvalue weighted by Gasteiger charge is 2.04. The normalized spacial score (nSPS) is 12.0. The predicted octanol–water partition coefficient (Wildman–Crippen LogP) is 6.72. The van der Waals surface area contributed by atoms with E-state index in [1.807, 2.05) is 24.3 Å². The molecule has 1 aromatic rings. The lowest BCUT2D eigenvalue weighted by Gasteiger charge is -2.08. The van der Waals surface area contributed by atoms with E-state index in [9.17, 15) is 4.79 Å². The summed E-state index contributed by atoms with van der Waals surface area (Å²) in [7, 11) is 0. The molecule has 25 heavy (non-hydrogen) atoms. The van der Waals surface area contributed by atoms with Crippen LogP contribution in [0.5, 0.6) is 0 Å². The van der Waals surface area contributed by atoms with Crippen molar-refractivity contribution in [3.8, 4) is 0 Å². The third-order valence-corrected chi connectivity index (χ3v) is 4.17. The number of anilines is 1. The van der Waals surface area contributed by atoms with E-state index < -0.39 is 0 Å². The summed E-state index contributed by atoms with van der Waals surface area (Å²) in [5.74, 6) is 0.0949. The topological polar surface area (TPSA) is 29.1 Å². The van der Waals surface area contributed by atoms with Gasteiger partial charge in [0.15, 0.2) is 5.78 Å². The van der Waals surface area contributed by atoms with Crippen LogP contribution in [0.2, 0.25) is 0 Å². The third kappa shape index (κ3) is 9.09. The molecular formula is C23H33NO. The van der Waals surface area contributed by atoms with Gasteiger partial charge in [-0.2, -0.15) is 0 Å². The van der Waals surface area contributed by atoms with Crippen molar-refractivity contribution in [2.75, 3.05) is 11.9 Å². The molecular weight excluding hydrogens is 306 g/mol. The summed E-state index contributed by atoms with van der Waals surface area (Å²) in [4.78, 5) is 11.6. The van der Waals surface area contributed by atoms with E-state index in [2.05, 4.69) is 51.2 Å². The summed E-state index contributed by atoms with van der Waals surface area (Å²) < 4.78 is 0.